The van der Waals surface area contributed by atoms with Crippen LogP contribution < -0.4 is 11.1 Å². The Kier molecular flexibility index (Phi) is 7.61. The number of carbonyl (C=O) groups is 4. The lowest BCUT2D eigenvalue weighted by molar-refractivity contribution is -0.576. The molecule has 9 unspecified atom stereocenters. The Hall–Kier alpha value is -2.28. The van der Waals surface area contributed by atoms with Crippen molar-refractivity contribution >= 4 is 23.8 Å². The van der Waals surface area contributed by atoms with E-state index in [1.165, 1.54) is 0 Å². The van der Waals surface area contributed by atoms with Crippen LogP contribution in [0.1, 0.15) is 72.1 Å². The van der Waals surface area contributed by atoms with Gasteiger partial charge in [0.2, 0.25) is 23.9 Å². The maximum atomic E-state index is 12.6. The molecular formula is C24H36N2O10. The van der Waals surface area contributed by atoms with Crippen molar-refractivity contribution in [1.82, 2.24) is 5.32 Å². The molecular weight excluding hydrogens is 476 g/mol. The molecule has 5 rings (SSSR count). The molecule has 12 heteroatoms. The number of rotatable bonds is 9. The zero-order valence-electron chi connectivity index (χ0n) is 20.9. The molecule has 5 fully saturated rings. The van der Waals surface area contributed by atoms with E-state index in [-0.39, 0.29) is 43.4 Å². The molecule has 1 saturated carbocycles. The third-order valence-corrected chi connectivity index (χ3v) is 8.21. The SMILES string of the molecule is CC1CCC2C(C)C(OC(=O)CCC(=O)NC(CCC(N)=O)C(=O)O)OC3OC4(C)CCC1C32OO4. The summed E-state index contributed by atoms with van der Waals surface area (Å²) >= 11 is 0. The number of carboxylic acids is 1. The molecule has 2 bridgehead atoms. The van der Waals surface area contributed by atoms with Gasteiger partial charge in [0, 0.05) is 31.1 Å². The monoisotopic (exact) mass is 512 g/mol. The minimum Gasteiger partial charge on any atom is -0.480 e. The zero-order chi connectivity index (χ0) is 26.3. The fourth-order valence-electron chi connectivity index (χ4n) is 6.22. The van der Waals surface area contributed by atoms with Crippen molar-refractivity contribution < 1.29 is 48.3 Å². The average molecular weight is 513 g/mol. The number of aliphatic carboxylic acids is 1. The lowest BCUT2D eigenvalue weighted by atomic mass is 9.58. The van der Waals surface area contributed by atoms with Gasteiger partial charge in [0.05, 0.1) is 6.42 Å². The fourth-order valence-corrected chi connectivity index (χ4v) is 6.22. The van der Waals surface area contributed by atoms with Crippen LogP contribution in [0.2, 0.25) is 0 Å². The van der Waals surface area contributed by atoms with E-state index in [4.69, 9.17) is 29.7 Å². The lowest BCUT2D eigenvalue weighted by Crippen LogP contribution is -2.70. The smallest absolute Gasteiger partial charge is 0.326 e. The predicted molar refractivity (Wildman–Crippen MR) is 120 cm³/mol. The van der Waals surface area contributed by atoms with Crippen molar-refractivity contribution in [2.45, 2.75) is 102 Å². The van der Waals surface area contributed by atoms with Gasteiger partial charge in [-0.25, -0.2) is 14.6 Å². The summed E-state index contributed by atoms with van der Waals surface area (Å²) in [4.78, 5) is 58.9. The standard InChI is InChI=1S/C24H36N2O10/c1-12-4-5-15-13(2)21(33-22-24(15)14(12)10-11-23(3,34-22)35-36-24)32-19(29)9-8-18(28)26-16(20(30)31)6-7-17(25)27/h12-16,21-22H,4-11H2,1-3H3,(H2,25,27)(H,26,28)(H,30,31). The summed E-state index contributed by atoms with van der Waals surface area (Å²) in [5.74, 6) is -3.82. The third kappa shape index (κ3) is 5.09. The van der Waals surface area contributed by atoms with Crippen LogP contribution in [0.5, 0.6) is 0 Å². The Morgan fingerprint density at radius 1 is 1.08 bits per heavy atom. The van der Waals surface area contributed by atoms with Gasteiger partial charge in [0.15, 0.2) is 11.9 Å². The number of primary amides is 1. The van der Waals surface area contributed by atoms with Gasteiger partial charge in [-0.1, -0.05) is 13.8 Å². The molecule has 36 heavy (non-hydrogen) atoms. The van der Waals surface area contributed by atoms with E-state index in [0.717, 1.165) is 19.3 Å². The number of amides is 2. The van der Waals surface area contributed by atoms with Crippen molar-refractivity contribution in [2.75, 3.05) is 0 Å². The quantitative estimate of drug-likeness (QED) is 0.302. The number of carbonyl (C=O) groups excluding carboxylic acids is 3. The molecule has 5 aliphatic rings. The molecule has 202 valence electrons. The summed E-state index contributed by atoms with van der Waals surface area (Å²) < 4.78 is 18.1. The molecule has 2 amide bonds. The molecule has 4 saturated heterocycles. The Balaban J connectivity index is 1.36. The first-order valence-corrected chi connectivity index (χ1v) is 12.7. The highest BCUT2D eigenvalue weighted by molar-refractivity contribution is 5.86. The molecule has 4 aliphatic heterocycles. The molecule has 4 heterocycles. The van der Waals surface area contributed by atoms with Gasteiger partial charge in [0.1, 0.15) is 6.04 Å². The number of carboxylic acid groups (broad SMARTS) is 1. The summed E-state index contributed by atoms with van der Waals surface area (Å²) in [5.41, 5.74) is 4.27. The average Bonchev–Trinajstić information content (AvgIpc) is 3.04. The maximum absolute atomic E-state index is 12.6. The van der Waals surface area contributed by atoms with Crippen molar-refractivity contribution in [2.24, 2.45) is 29.4 Å². The van der Waals surface area contributed by atoms with Gasteiger partial charge in [-0.05, 0) is 44.4 Å². The zero-order valence-corrected chi connectivity index (χ0v) is 20.9. The highest BCUT2D eigenvalue weighted by Crippen LogP contribution is 2.60. The Morgan fingerprint density at radius 2 is 1.83 bits per heavy atom. The van der Waals surface area contributed by atoms with Crippen LogP contribution in [-0.2, 0) is 43.2 Å². The minimum atomic E-state index is -1.29. The van der Waals surface area contributed by atoms with Crippen molar-refractivity contribution in [1.29, 1.82) is 0 Å². The topological polar surface area (TPSA) is 173 Å². The van der Waals surface area contributed by atoms with E-state index in [1.54, 1.807) is 0 Å². The second-order valence-electron chi connectivity index (χ2n) is 10.7. The van der Waals surface area contributed by atoms with Gasteiger partial charge in [-0.2, -0.15) is 0 Å². The van der Waals surface area contributed by atoms with E-state index in [1.807, 2.05) is 13.8 Å². The molecule has 12 nitrogen and oxygen atoms in total. The van der Waals surface area contributed by atoms with Crippen molar-refractivity contribution in [3.05, 3.63) is 0 Å². The normalized spacial score (nSPS) is 39.9. The van der Waals surface area contributed by atoms with Crippen LogP contribution in [-0.4, -0.2) is 58.9 Å². The highest BCUT2D eigenvalue weighted by atomic mass is 17.3. The van der Waals surface area contributed by atoms with E-state index in [9.17, 15) is 24.3 Å². The Bertz CT molecular complexity index is 898. The second kappa shape index (κ2) is 10.2. The summed E-state index contributed by atoms with van der Waals surface area (Å²) in [5, 5.41) is 11.5. The first-order valence-electron chi connectivity index (χ1n) is 12.7. The van der Waals surface area contributed by atoms with E-state index < -0.39 is 53.8 Å². The van der Waals surface area contributed by atoms with Crippen LogP contribution in [0, 0.1) is 23.7 Å². The fraction of sp³-hybridized carbons (Fsp3) is 0.833. The summed E-state index contributed by atoms with van der Waals surface area (Å²) in [6, 6.07) is -1.27. The minimum absolute atomic E-state index is 0.0113. The van der Waals surface area contributed by atoms with Crippen LogP contribution in [0.4, 0.5) is 0 Å². The molecule has 0 radical (unpaired) electrons. The number of esters is 1. The summed E-state index contributed by atoms with van der Waals surface area (Å²) in [7, 11) is 0. The van der Waals surface area contributed by atoms with Crippen molar-refractivity contribution in [3.8, 4) is 0 Å². The molecule has 0 aromatic rings. The highest BCUT2D eigenvalue weighted by Gasteiger charge is 2.69. The first-order chi connectivity index (χ1) is 16.9. The van der Waals surface area contributed by atoms with Gasteiger partial charge >= 0.3 is 11.9 Å². The number of nitrogens with one attached hydrogen (secondary N) is 1. The Morgan fingerprint density at radius 3 is 2.53 bits per heavy atom. The second-order valence-corrected chi connectivity index (χ2v) is 10.7. The number of ether oxygens (including phenoxy) is 3. The molecule has 4 N–H and O–H groups in total. The predicted octanol–water partition coefficient (Wildman–Crippen LogP) is 1.35. The molecule has 0 aromatic carbocycles. The molecule has 1 aliphatic carbocycles. The van der Waals surface area contributed by atoms with E-state index >= 15 is 0 Å². The van der Waals surface area contributed by atoms with E-state index in [0.29, 0.717) is 12.3 Å². The Labute approximate surface area is 209 Å². The van der Waals surface area contributed by atoms with Crippen LogP contribution in [0.25, 0.3) is 0 Å². The molecule has 0 aromatic heterocycles. The van der Waals surface area contributed by atoms with Gasteiger partial charge in [-0.15, -0.1) is 0 Å². The van der Waals surface area contributed by atoms with Gasteiger partial charge in [0.25, 0.3) is 0 Å². The van der Waals surface area contributed by atoms with Crippen molar-refractivity contribution in [3.63, 3.8) is 0 Å². The third-order valence-electron chi connectivity index (χ3n) is 8.21. The number of hydrogen-bond acceptors (Lipinski definition) is 9. The first kappa shape index (κ1) is 26.8. The van der Waals surface area contributed by atoms with E-state index in [2.05, 4.69) is 12.2 Å². The summed E-state index contributed by atoms with van der Waals surface area (Å²) in [6.45, 7) is 5.97. The summed E-state index contributed by atoms with van der Waals surface area (Å²) in [6.07, 6.45) is 0.910. The molecule has 9 atom stereocenters. The number of fused-ring (bicyclic) bond motifs is 2. The van der Waals surface area contributed by atoms with Gasteiger partial charge in [-0.3, -0.25) is 14.4 Å². The molecule has 1 spiro atoms. The van der Waals surface area contributed by atoms with Crippen LogP contribution in [0.3, 0.4) is 0 Å². The van der Waals surface area contributed by atoms with Crippen LogP contribution in [0.15, 0.2) is 0 Å². The number of nitrogens with two attached hydrogens (primary N) is 1. The number of hydrogen-bond donors (Lipinski definition) is 3. The lowest BCUT2D eigenvalue weighted by Gasteiger charge is -2.59. The largest absolute Gasteiger partial charge is 0.480 e. The van der Waals surface area contributed by atoms with Gasteiger partial charge < -0.3 is 30.4 Å². The van der Waals surface area contributed by atoms with Crippen LogP contribution >= 0.6 is 0 Å². The maximum Gasteiger partial charge on any atom is 0.326 e.